The molecule has 0 spiro atoms. The van der Waals surface area contributed by atoms with E-state index in [0.29, 0.717) is 18.1 Å². The van der Waals surface area contributed by atoms with Crippen molar-refractivity contribution in [1.82, 2.24) is 4.98 Å². The molecule has 112 valence electrons. The molecule has 2 aromatic heterocycles. The predicted molar refractivity (Wildman–Crippen MR) is 87.6 cm³/mol. The molecule has 3 rings (SSSR count). The highest BCUT2D eigenvalue weighted by Gasteiger charge is 2.19. The van der Waals surface area contributed by atoms with Crippen LogP contribution in [0.2, 0.25) is 0 Å². The smallest absolute Gasteiger partial charge is 0.355 e. The maximum absolute atomic E-state index is 12.2. The molecular weight excluding hydrogens is 346 g/mol. The van der Waals surface area contributed by atoms with Crippen LogP contribution in [0.15, 0.2) is 57.6 Å². The van der Waals surface area contributed by atoms with Crippen molar-refractivity contribution in [3.8, 4) is 22.6 Å². The molecule has 0 aliphatic rings. The third-order valence-corrected chi connectivity index (χ3v) is 3.77. The van der Waals surface area contributed by atoms with Gasteiger partial charge in [0.15, 0.2) is 0 Å². The van der Waals surface area contributed by atoms with Gasteiger partial charge in [0.1, 0.15) is 11.5 Å². The van der Waals surface area contributed by atoms with Gasteiger partial charge in [-0.1, -0.05) is 28.1 Å². The molecule has 5 heteroatoms. The number of furan rings is 1. The van der Waals surface area contributed by atoms with Gasteiger partial charge in [0.25, 0.3) is 0 Å². The van der Waals surface area contributed by atoms with Crippen LogP contribution in [-0.4, -0.2) is 17.6 Å². The summed E-state index contributed by atoms with van der Waals surface area (Å²) in [6.45, 7) is 2.11. The predicted octanol–water partition coefficient (Wildman–Crippen LogP) is 4.88. The molecule has 0 saturated heterocycles. The number of hydrogen-bond acceptors (Lipinski definition) is 3. The van der Waals surface area contributed by atoms with Crippen LogP contribution in [0.1, 0.15) is 17.4 Å². The van der Waals surface area contributed by atoms with E-state index in [0.717, 1.165) is 21.3 Å². The van der Waals surface area contributed by atoms with E-state index < -0.39 is 0 Å². The Morgan fingerprint density at radius 3 is 2.68 bits per heavy atom. The highest BCUT2D eigenvalue weighted by molar-refractivity contribution is 9.10. The summed E-state index contributed by atoms with van der Waals surface area (Å²) in [5, 5.41) is 0. The van der Waals surface area contributed by atoms with Gasteiger partial charge in [0.05, 0.1) is 18.6 Å². The van der Waals surface area contributed by atoms with Crippen LogP contribution in [0.3, 0.4) is 0 Å². The number of esters is 1. The van der Waals surface area contributed by atoms with Crippen molar-refractivity contribution in [1.29, 1.82) is 0 Å². The normalized spacial score (nSPS) is 10.6. The Balaban J connectivity index is 2.10. The standard InChI is InChI=1S/C17H14BrNO3/c1-2-21-17(20)16-13(11-5-7-12(18)8-6-11)10-14(19-16)15-4-3-9-22-15/h3-10,19H,2H2,1H3. The summed E-state index contributed by atoms with van der Waals surface area (Å²) in [7, 11) is 0. The third kappa shape index (κ3) is 2.85. The lowest BCUT2D eigenvalue weighted by Crippen LogP contribution is -2.06. The third-order valence-electron chi connectivity index (χ3n) is 3.24. The molecule has 0 fully saturated rings. The lowest BCUT2D eigenvalue weighted by Gasteiger charge is -2.04. The largest absolute Gasteiger partial charge is 0.463 e. The maximum atomic E-state index is 12.2. The summed E-state index contributed by atoms with van der Waals surface area (Å²) in [5.41, 5.74) is 2.89. The number of benzene rings is 1. The Labute approximate surface area is 136 Å². The van der Waals surface area contributed by atoms with E-state index in [2.05, 4.69) is 20.9 Å². The fourth-order valence-corrected chi connectivity index (χ4v) is 2.50. The Morgan fingerprint density at radius 2 is 2.05 bits per heavy atom. The van der Waals surface area contributed by atoms with Crippen molar-refractivity contribution >= 4 is 21.9 Å². The minimum absolute atomic E-state index is 0.327. The Morgan fingerprint density at radius 1 is 1.27 bits per heavy atom. The Hall–Kier alpha value is -2.27. The van der Waals surface area contributed by atoms with E-state index >= 15 is 0 Å². The van der Waals surface area contributed by atoms with Gasteiger partial charge in [0.2, 0.25) is 0 Å². The van der Waals surface area contributed by atoms with Crippen molar-refractivity contribution in [2.75, 3.05) is 6.61 Å². The molecule has 4 nitrogen and oxygen atoms in total. The second kappa shape index (κ2) is 6.23. The molecule has 0 radical (unpaired) electrons. The minimum Gasteiger partial charge on any atom is -0.463 e. The van der Waals surface area contributed by atoms with Crippen LogP contribution in [0.4, 0.5) is 0 Å². The highest BCUT2D eigenvalue weighted by atomic mass is 79.9. The molecule has 0 atom stereocenters. The molecule has 0 bridgehead atoms. The number of carbonyl (C=O) groups excluding carboxylic acids is 1. The second-order valence-corrected chi connectivity index (χ2v) is 5.59. The highest BCUT2D eigenvalue weighted by Crippen LogP contribution is 2.31. The van der Waals surface area contributed by atoms with E-state index in [9.17, 15) is 4.79 Å². The van der Waals surface area contributed by atoms with Gasteiger partial charge in [-0.25, -0.2) is 4.79 Å². The average molecular weight is 360 g/mol. The number of aromatic amines is 1. The molecule has 1 N–H and O–H groups in total. The summed E-state index contributed by atoms with van der Waals surface area (Å²) >= 11 is 3.41. The first kappa shape index (κ1) is 14.7. The lowest BCUT2D eigenvalue weighted by molar-refractivity contribution is 0.0521. The van der Waals surface area contributed by atoms with E-state index in [1.165, 1.54) is 0 Å². The zero-order valence-corrected chi connectivity index (χ0v) is 13.5. The van der Waals surface area contributed by atoms with Gasteiger partial charge < -0.3 is 14.1 Å². The van der Waals surface area contributed by atoms with Gasteiger partial charge in [-0.2, -0.15) is 0 Å². The number of carbonyl (C=O) groups is 1. The monoisotopic (exact) mass is 359 g/mol. The molecular formula is C17H14BrNO3. The summed E-state index contributed by atoms with van der Waals surface area (Å²) < 4.78 is 11.5. The second-order valence-electron chi connectivity index (χ2n) is 4.68. The van der Waals surface area contributed by atoms with Crippen LogP contribution in [0.25, 0.3) is 22.6 Å². The minimum atomic E-state index is -0.377. The molecule has 0 aliphatic heterocycles. The quantitative estimate of drug-likeness (QED) is 0.675. The fraction of sp³-hybridized carbons (Fsp3) is 0.118. The number of aromatic nitrogens is 1. The number of halogens is 1. The van der Waals surface area contributed by atoms with Gasteiger partial charge >= 0.3 is 5.97 Å². The SMILES string of the molecule is CCOC(=O)c1[nH]c(-c2ccco2)cc1-c1ccc(Br)cc1. The lowest BCUT2D eigenvalue weighted by atomic mass is 10.1. The van der Waals surface area contributed by atoms with Gasteiger partial charge in [-0.05, 0) is 42.8 Å². The summed E-state index contributed by atoms with van der Waals surface area (Å²) in [6.07, 6.45) is 1.60. The van der Waals surface area contributed by atoms with Crippen LogP contribution in [0.5, 0.6) is 0 Å². The molecule has 0 unspecified atom stereocenters. The molecule has 1 aromatic carbocycles. The van der Waals surface area contributed by atoms with E-state index in [-0.39, 0.29) is 5.97 Å². The van der Waals surface area contributed by atoms with Gasteiger partial charge in [-0.3, -0.25) is 0 Å². The Bertz CT molecular complexity index is 773. The summed E-state index contributed by atoms with van der Waals surface area (Å²) in [5.74, 6) is 0.298. The first-order chi connectivity index (χ1) is 10.7. The zero-order valence-electron chi connectivity index (χ0n) is 11.9. The first-order valence-electron chi connectivity index (χ1n) is 6.89. The van der Waals surface area contributed by atoms with E-state index in [1.54, 1.807) is 19.3 Å². The van der Waals surface area contributed by atoms with Crippen LogP contribution < -0.4 is 0 Å². The molecule has 0 aliphatic carbocycles. The fourth-order valence-electron chi connectivity index (χ4n) is 2.24. The average Bonchev–Trinajstić information content (AvgIpc) is 3.17. The summed E-state index contributed by atoms with van der Waals surface area (Å²) in [6, 6.07) is 13.3. The van der Waals surface area contributed by atoms with E-state index in [1.807, 2.05) is 36.4 Å². The van der Waals surface area contributed by atoms with Crippen molar-refractivity contribution in [3.05, 3.63) is 58.9 Å². The first-order valence-corrected chi connectivity index (χ1v) is 7.68. The van der Waals surface area contributed by atoms with Gasteiger partial charge in [0, 0.05) is 10.0 Å². The van der Waals surface area contributed by atoms with Crippen molar-refractivity contribution in [2.24, 2.45) is 0 Å². The molecule has 0 saturated carbocycles. The van der Waals surface area contributed by atoms with E-state index in [4.69, 9.17) is 9.15 Å². The molecule has 3 aromatic rings. The molecule has 0 amide bonds. The number of hydrogen-bond donors (Lipinski definition) is 1. The van der Waals surface area contributed by atoms with Crippen LogP contribution in [-0.2, 0) is 4.74 Å². The van der Waals surface area contributed by atoms with Crippen molar-refractivity contribution < 1.29 is 13.9 Å². The zero-order chi connectivity index (χ0) is 15.5. The van der Waals surface area contributed by atoms with Crippen molar-refractivity contribution in [2.45, 2.75) is 6.92 Å². The van der Waals surface area contributed by atoms with Crippen LogP contribution >= 0.6 is 15.9 Å². The van der Waals surface area contributed by atoms with Gasteiger partial charge in [-0.15, -0.1) is 0 Å². The topological polar surface area (TPSA) is 55.2 Å². The maximum Gasteiger partial charge on any atom is 0.355 e. The van der Waals surface area contributed by atoms with Crippen molar-refractivity contribution in [3.63, 3.8) is 0 Å². The molecule has 2 heterocycles. The number of H-pyrrole nitrogens is 1. The number of rotatable bonds is 4. The summed E-state index contributed by atoms with van der Waals surface area (Å²) in [4.78, 5) is 15.3. The Kier molecular flexibility index (Phi) is 4.15. The number of ether oxygens (including phenoxy) is 1. The number of nitrogens with one attached hydrogen (secondary N) is 1. The van der Waals surface area contributed by atoms with Crippen LogP contribution in [0, 0.1) is 0 Å². The molecule has 22 heavy (non-hydrogen) atoms.